The van der Waals surface area contributed by atoms with Crippen LogP contribution in [0.1, 0.15) is 29.8 Å². The van der Waals surface area contributed by atoms with E-state index in [0.717, 1.165) is 32.7 Å². The van der Waals surface area contributed by atoms with Crippen molar-refractivity contribution in [2.45, 2.75) is 38.5 Å². The molecular weight excluding hydrogens is 242 g/mol. The summed E-state index contributed by atoms with van der Waals surface area (Å²) < 4.78 is 12.9. The van der Waals surface area contributed by atoms with Gasteiger partial charge in [-0.05, 0) is 31.2 Å². The average Bonchev–Trinajstić information content (AvgIpc) is 2.76. The molecule has 0 spiro atoms. The molecule has 5 heteroatoms. The Balaban J connectivity index is 1.74. The number of fused-ring (bicyclic) bond motifs is 1. The standard InChI is InChI=1S/C14H23N3O2/c1-16-13(11-5-3-4-6-12(11)15-16)9-17-7-8-19-14(10-17)18-2/h14H,3-10H2,1-2H3. The summed E-state index contributed by atoms with van der Waals surface area (Å²) in [6.45, 7) is 3.52. The van der Waals surface area contributed by atoms with Crippen molar-refractivity contribution in [3.63, 3.8) is 0 Å². The number of ether oxygens (including phenoxy) is 2. The first-order valence-corrected chi connectivity index (χ1v) is 7.18. The third kappa shape index (κ3) is 2.68. The first-order chi connectivity index (χ1) is 9.28. The van der Waals surface area contributed by atoms with Gasteiger partial charge in [-0.1, -0.05) is 0 Å². The van der Waals surface area contributed by atoms with Crippen LogP contribution in [0.5, 0.6) is 0 Å². The zero-order valence-corrected chi connectivity index (χ0v) is 11.9. The minimum Gasteiger partial charge on any atom is -0.355 e. The van der Waals surface area contributed by atoms with Crippen molar-refractivity contribution in [3.8, 4) is 0 Å². The van der Waals surface area contributed by atoms with Gasteiger partial charge >= 0.3 is 0 Å². The molecule has 1 aliphatic heterocycles. The topological polar surface area (TPSA) is 39.5 Å². The van der Waals surface area contributed by atoms with E-state index in [-0.39, 0.29) is 6.29 Å². The molecule has 2 heterocycles. The van der Waals surface area contributed by atoms with Crippen LogP contribution < -0.4 is 0 Å². The van der Waals surface area contributed by atoms with Crippen molar-refractivity contribution in [1.29, 1.82) is 0 Å². The van der Waals surface area contributed by atoms with Crippen molar-refractivity contribution in [2.24, 2.45) is 7.05 Å². The van der Waals surface area contributed by atoms with Gasteiger partial charge in [0.25, 0.3) is 0 Å². The molecule has 0 aromatic carbocycles. The summed E-state index contributed by atoms with van der Waals surface area (Å²) in [6, 6.07) is 0. The van der Waals surface area contributed by atoms with E-state index in [1.54, 1.807) is 7.11 Å². The molecule has 0 N–H and O–H groups in total. The molecule has 5 nitrogen and oxygen atoms in total. The lowest BCUT2D eigenvalue weighted by Gasteiger charge is -2.32. The molecule has 0 saturated carbocycles. The lowest BCUT2D eigenvalue weighted by atomic mass is 9.96. The fourth-order valence-corrected chi connectivity index (χ4v) is 3.11. The van der Waals surface area contributed by atoms with Crippen LogP contribution in [0.4, 0.5) is 0 Å². The van der Waals surface area contributed by atoms with E-state index < -0.39 is 0 Å². The van der Waals surface area contributed by atoms with Crippen molar-refractivity contribution in [1.82, 2.24) is 14.7 Å². The van der Waals surface area contributed by atoms with Gasteiger partial charge in [0.1, 0.15) is 0 Å². The minimum atomic E-state index is -0.0854. The van der Waals surface area contributed by atoms with Gasteiger partial charge in [0.15, 0.2) is 6.29 Å². The van der Waals surface area contributed by atoms with Crippen LogP contribution in [0.3, 0.4) is 0 Å². The summed E-state index contributed by atoms with van der Waals surface area (Å²) in [5.41, 5.74) is 4.20. The smallest absolute Gasteiger partial charge is 0.169 e. The summed E-state index contributed by atoms with van der Waals surface area (Å²) in [5.74, 6) is 0. The second-order valence-corrected chi connectivity index (χ2v) is 5.47. The summed E-state index contributed by atoms with van der Waals surface area (Å²) in [6.07, 6.45) is 4.84. The Morgan fingerprint density at radius 1 is 1.37 bits per heavy atom. The van der Waals surface area contributed by atoms with Crippen molar-refractivity contribution in [2.75, 3.05) is 26.8 Å². The lowest BCUT2D eigenvalue weighted by Crippen LogP contribution is -2.43. The van der Waals surface area contributed by atoms with Crippen molar-refractivity contribution >= 4 is 0 Å². The van der Waals surface area contributed by atoms with E-state index in [0.29, 0.717) is 0 Å². The molecule has 1 aromatic rings. The van der Waals surface area contributed by atoms with Crippen LogP contribution in [0.15, 0.2) is 0 Å². The Bertz CT molecular complexity index is 444. The largest absolute Gasteiger partial charge is 0.355 e. The zero-order chi connectivity index (χ0) is 13.2. The van der Waals surface area contributed by atoms with Crippen LogP contribution in [0.2, 0.25) is 0 Å². The normalized spacial score (nSPS) is 24.4. The molecule has 1 aliphatic carbocycles. The Morgan fingerprint density at radius 3 is 3.05 bits per heavy atom. The molecule has 1 unspecified atom stereocenters. The number of aryl methyl sites for hydroxylation is 2. The van der Waals surface area contributed by atoms with Crippen LogP contribution >= 0.6 is 0 Å². The number of hydrogen-bond donors (Lipinski definition) is 0. The predicted octanol–water partition coefficient (Wildman–Crippen LogP) is 1.10. The molecule has 3 rings (SSSR count). The average molecular weight is 265 g/mol. The van der Waals surface area contributed by atoms with Gasteiger partial charge in [0.2, 0.25) is 0 Å². The highest BCUT2D eigenvalue weighted by molar-refractivity contribution is 5.28. The zero-order valence-electron chi connectivity index (χ0n) is 11.9. The van der Waals surface area contributed by atoms with Crippen LogP contribution in [0.25, 0.3) is 0 Å². The van der Waals surface area contributed by atoms with Gasteiger partial charge in [-0.25, -0.2) is 0 Å². The van der Waals surface area contributed by atoms with Crippen LogP contribution in [0, 0.1) is 0 Å². The van der Waals surface area contributed by atoms with Crippen molar-refractivity contribution in [3.05, 3.63) is 17.0 Å². The van der Waals surface area contributed by atoms with E-state index in [4.69, 9.17) is 9.47 Å². The maximum atomic E-state index is 5.53. The fourth-order valence-electron chi connectivity index (χ4n) is 3.11. The van der Waals surface area contributed by atoms with Crippen molar-refractivity contribution < 1.29 is 9.47 Å². The second-order valence-electron chi connectivity index (χ2n) is 5.47. The van der Waals surface area contributed by atoms with Crippen LogP contribution in [-0.2, 0) is 35.9 Å². The van der Waals surface area contributed by atoms with E-state index in [1.165, 1.54) is 36.2 Å². The van der Waals surface area contributed by atoms with Gasteiger partial charge in [0.05, 0.1) is 18.0 Å². The van der Waals surface area contributed by atoms with E-state index >= 15 is 0 Å². The maximum Gasteiger partial charge on any atom is 0.169 e. The number of rotatable bonds is 3. The van der Waals surface area contributed by atoms with E-state index in [1.807, 2.05) is 0 Å². The summed E-state index contributed by atoms with van der Waals surface area (Å²) in [7, 11) is 3.78. The summed E-state index contributed by atoms with van der Waals surface area (Å²) in [5, 5.41) is 4.68. The van der Waals surface area contributed by atoms with Gasteiger partial charge < -0.3 is 9.47 Å². The number of methoxy groups -OCH3 is 1. The SMILES string of the molecule is COC1CN(Cc2c3c(nn2C)CCCC3)CCO1. The van der Waals surface area contributed by atoms with Gasteiger partial charge in [-0.3, -0.25) is 9.58 Å². The molecule has 0 radical (unpaired) electrons. The molecule has 1 fully saturated rings. The molecular formula is C14H23N3O2. The molecule has 1 atom stereocenters. The molecule has 19 heavy (non-hydrogen) atoms. The third-order valence-electron chi connectivity index (χ3n) is 4.20. The third-order valence-corrected chi connectivity index (χ3v) is 4.20. The predicted molar refractivity (Wildman–Crippen MR) is 71.9 cm³/mol. The monoisotopic (exact) mass is 265 g/mol. The Labute approximate surface area is 114 Å². The number of nitrogens with zero attached hydrogens (tertiary/aromatic N) is 3. The highest BCUT2D eigenvalue weighted by Crippen LogP contribution is 2.25. The molecule has 106 valence electrons. The molecule has 0 amide bonds. The molecule has 1 saturated heterocycles. The Hall–Kier alpha value is -0.910. The summed E-state index contributed by atoms with van der Waals surface area (Å²) >= 11 is 0. The van der Waals surface area contributed by atoms with E-state index in [9.17, 15) is 0 Å². The number of morpholine rings is 1. The summed E-state index contributed by atoms with van der Waals surface area (Å²) in [4.78, 5) is 2.41. The first kappa shape index (κ1) is 13.1. The second kappa shape index (κ2) is 5.61. The highest BCUT2D eigenvalue weighted by Gasteiger charge is 2.24. The van der Waals surface area contributed by atoms with Crippen LogP contribution in [-0.4, -0.2) is 47.8 Å². The van der Waals surface area contributed by atoms with Gasteiger partial charge in [0, 0.05) is 33.8 Å². The fraction of sp³-hybridized carbons (Fsp3) is 0.786. The minimum absolute atomic E-state index is 0.0854. The Morgan fingerprint density at radius 2 is 2.21 bits per heavy atom. The van der Waals surface area contributed by atoms with Gasteiger partial charge in [-0.2, -0.15) is 5.10 Å². The first-order valence-electron chi connectivity index (χ1n) is 7.18. The number of aromatic nitrogens is 2. The Kier molecular flexibility index (Phi) is 3.86. The molecule has 0 bridgehead atoms. The molecule has 1 aromatic heterocycles. The molecule has 2 aliphatic rings. The number of hydrogen-bond acceptors (Lipinski definition) is 4. The van der Waals surface area contributed by atoms with E-state index in [2.05, 4.69) is 21.7 Å². The highest BCUT2D eigenvalue weighted by atomic mass is 16.7. The quantitative estimate of drug-likeness (QED) is 0.820. The lowest BCUT2D eigenvalue weighted by molar-refractivity contribution is -0.166. The van der Waals surface area contributed by atoms with Gasteiger partial charge in [-0.15, -0.1) is 0 Å². The maximum absolute atomic E-state index is 5.53.